The molecule has 0 atom stereocenters. The van der Waals surface area contributed by atoms with Gasteiger partial charge in [-0.2, -0.15) is 0 Å². The lowest BCUT2D eigenvalue weighted by atomic mass is 10.1. The number of rotatable bonds is 8. The predicted molar refractivity (Wildman–Crippen MR) is 119 cm³/mol. The Bertz CT molecular complexity index is 997. The molecule has 0 heterocycles. The summed E-state index contributed by atoms with van der Waals surface area (Å²) in [7, 11) is 0. The van der Waals surface area contributed by atoms with Crippen LogP contribution in [0.3, 0.4) is 0 Å². The third kappa shape index (κ3) is 6.50. The Morgan fingerprint density at radius 2 is 1.45 bits per heavy atom. The van der Waals surface area contributed by atoms with Crippen LogP contribution >= 0.6 is 46.4 Å². The van der Waals surface area contributed by atoms with Gasteiger partial charge < -0.3 is 10.1 Å². The largest absolute Gasteiger partial charge is 0.489 e. The van der Waals surface area contributed by atoms with Crippen LogP contribution in [0.5, 0.6) is 5.75 Å². The highest BCUT2D eigenvalue weighted by molar-refractivity contribution is 6.35. The van der Waals surface area contributed by atoms with Gasteiger partial charge in [0.15, 0.2) is 0 Å². The molecule has 0 spiro atoms. The Balaban J connectivity index is 1.59. The van der Waals surface area contributed by atoms with Crippen LogP contribution in [0, 0.1) is 5.82 Å². The van der Waals surface area contributed by atoms with Crippen LogP contribution in [-0.2, 0) is 19.6 Å². The minimum absolute atomic E-state index is 0.230. The van der Waals surface area contributed by atoms with E-state index < -0.39 is 0 Å². The maximum atomic E-state index is 13.2. The first-order valence-electron chi connectivity index (χ1n) is 8.92. The molecule has 0 aliphatic carbocycles. The van der Waals surface area contributed by atoms with Crippen LogP contribution in [0.1, 0.15) is 16.7 Å². The molecule has 0 aliphatic heterocycles. The minimum atomic E-state index is -0.379. The van der Waals surface area contributed by atoms with Crippen molar-refractivity contribution in [2.75, 3.05) is 6.54 Å². The summed E-state index contributed by atoms with van der Waals surface area (Å²) in [4.78, 5) is 0. The first kappa shape index (κ1) is 22.2. The fraction of sp³-hybridized carbons (Fsp3) is 0.182. The molecule has 0 unspecified atom stereocenters. The molecular weight excluding hydrogens is 455 g/mol. The summed E-state index contributed by atoms with van der Waals surface area (Å²) in [6, 6.07) is 15.2. The van der Waals surface area contributed by atoms with Gasteiger partial charge in [0.05, 0.1) is 5.02 Å². The molecule has 3 aromatic carbocycles. The Labute approximate surface area is 189 Å². The molecule has 1 N–H and O–H groups in total. The lowest BCUT2D eigenvalue weighted by Crippen LogP contribution is -2.17. The second-order valence-electron chi connectivity index (χ2n) is 6.44. The molecule has 0 aromatic heterocycles. The third-order valence-electron chi connectivity index (χ3n) is 4.32. The smallest absolute Gasteiger partial charge is 0.124 e. The molecule has 0 amide bonds. The average molecular weight is 473 g/mol. The molecule has 29 heavy (non-hydrogen) atoms. The summed E-state index contributed by atoms with van der Waals surface area (Å²) >= 11 is 24.4. The minimum Gasteiger partial charge on any atom is -0.489 e. The number of hydrogen-bond donors (Lipinski definition) is 1. The number of benzene rings is 3. The van der Waals surface area contributed by atoms with Crippen molar-refractivity contribution in [3.63, 3.8) is 0 Å². The summed E-state index contributed by atoms with van der Waals surface area (Å²) in [5.74, 6) is 0.308. The van der Waals surface area contributed by atoms with E-state index in [4.69, 9.17) is 51.1 Å². The molecule has 3 aromatic rings. The normalized spacial score (nSPS) is 10.9. The highest BCUT2D eigenvalue weighted by Gasteiger charge is 2.08. The molecule has 0 radical (unpaired) electrons. The van der Waals surface area contributed by atoms with E-state index in [9.17, 15) is 4.39 Å². The summed E-state index contributed by atoms with van der Waals surface area (Å²) in [5.41, 5.74) is 2.65. The molecule has 0 saturated carbocycles. The molecule has 152 valence electrons. The lowest BCUT2D eigenvalue weighted by Gasteiger charge is -2.14. The third-order valence-corrected chi connectivity index (χ3v) is 5.50. The molecule has 7 heteroatoms. The van der Waals surface area contributed by atoms with E-state index >= 15 is 0 Å². The van der Waals surface area contributed by atoms with Crippen molar-refractivity contribution in [1.29, 1.82) is 0 Å². The van der Waals surface area contributed by atoms with Gasteiger partial charge in [-0.3, -0.25) is 0 Å². The molecule has 3 rings (SSSR count). The van der Waals surface area contributed by atoms with Gasteiger partial charge in [-0.1, -0.05) is 58.5 Å². The summed E-state index contributed by atoms with van der Waals surface area (Å²) < 4.78 is 19.1. The van der Waals surface area contributed by atoms with Gasteiger partial charge in [0.25, 0.3) is 0 Å². The fourth-order valence-corrected chi connectivity index (χ4v) is 3.71. The van der Waals surface area contributed by atoms with Crippen molar-refractivity contribution in [2.45, 2.75) is 19.6 Å². The Morgan fingerprint density at radius 1 is 0.759 bits per heavy atom. The van der Waals surface area contributed by atoms with Gasteiger partial charge >= 0.3 is 0 Å². The van der Waals surface area contributed by atoms with Gasteiger partial charge in [-0.15, -0.1) is 0 Å². The maximum Gasteiger partial charge on any atom is 0.124 e. The number of nitrogens with one attached hydrogen (secondary N) is 1. The van der Waals surface area contributed by atoms with E-state index in [0.717, 1.165) is 24.1 Å². The fourth-order valence-electron chi connectivity index (χ4n) is 2.79. The zero-order chi connectivity index (χ0) is 20.8. The highest BCUT2D eigenvalue weighted by atomic mass is 35.5. The first-order chi connectivity index (χ1) is 13.9. The molecular formula is C22H18Cl4FNO. The monoisotopic (exact) mass is 471 g/mol. The van der Waals surface area contributed by atoms with Crippen LogP contribution in [0.4, 0.5) is 4.39 Å². The van der Waals surface area contributed by atoms with Crippen molar-refractivity contribution in [3.8, 4) is 5.75 Å². The van der Waals surface area contributed by atoms with Gasteiger partial charge in [0.1, 0.15) is 18.2 Å². The number of hydrogen-bond acceptors (Lipinski definition) is 2. The molecule has 0 aliphatic rings. The van der Waals surface area contributed by atoms with Crippen LogP contribution < -0.4 is 10.1 Å². The summed E-state index contributed by atoms with van der Waals surface area (Å²) in [6.07, 6.45) is 0.762. The zero-order valence-corrected chi connectivity index (χ0v) is 18.3. The van der Waals surface area contributed by atoms with Crippen molar-refractivity contribution in [3.05, 3.63) is 97.2 Å². The molecule has 0 fully saturated rings. The van der Waals surface area contributed by atoms with E-state index in [0.29, 0.717) is 37.9 Å². The highest BCUT2D eigenvalue weighted by Crippen LogP contribution is 2.26. The first-order valence-corrected chi connectivity index (χ1v) is 10.4. The van der Waals surface area contributed by atoms with Gasteiger partial charge in [-0.25, -0.2) is 4.39 Å². The van der Waals surface area contributed by atoms with E-state index in [1.165, 1.54) is 12.1 Å². The van der Waals surface area contributed by atoms with Crippen molar-refractivity contribution in [1.82, 2.24) is 5.32 Å². The van der Waals surface area contributed by atoms with Crippen LogP contribution in [0.15, 0.2) is 54.6 Å². The molecule has 2 nitrogen and oxygen atoms in total. The van der Waals surface area contributed by atoms with Gasteiger partial charge in [0, 0.05) is 32.7 Å². The van der Waals surface area contributed by atoms with E-state index in [1.807, 2.05) is 24.3 Å². The quantitative estimate of drug-likeness (QED) is 0.346. The summed E-state index contributed by atoms with van der Waals surface area (Å²) in [6.45, 7) is 1.52. The van der Waals surface area contributed by atoms with Crippen LogP contribution in [0.25, 0.3) is 0 Å². The van der Waals surface area contributed by atoms with E-state index in [1.54, 1.807) is 18.2 Å². The van der Waals surface area contributed by atoms with Gasteiger partial charge in [-0.05, 0) is 61.0 Å². The van der Waals surface area contributed by atoms with Crippen molar-refractivity contribution < 1.29 is 9.13 Å². The van der Waals surface area contributed by atoms with Crippen LogP contribution in [-0.4, -0.2) is 6.54 Å². The topological polar surface area (TPSA) is 21.3 Å². The number of halogens is 5. The number of ether oxygens (including phenoxy) is 1. The second-order valence-corrected chi connectivity index (χ2v) is 8.13. The second kappa shape index (κ2) is 10.5. The van der Waals surface area contributed by atoms with E-state index in [2.05, 4.69) is 5.32 Å². The molecule has 0 bridgehead atoms. The Kier molecular flexibility index (Phi) is 8.05. The Morgan fingerprint density at radius 3 is 2.21 bits per heavy atom. The van der Waals surface area contributed by atoms with Gasteiger partial charge in [0.2, 0.25) is 0 Å². The Hall–Kier alpha value is -1.49. The zero-order valence-electron chi connectivity index (χ0n) is 15.3. The van der Waals surface area contributed by atoms with Crippen molar-refractivity contribution in [2.24, 2.45) is 0 Å². The van der Waals surface area contributed by atoms with Crippen LogP contribution in [0.2, 0.25) is 20.1 Å². The summed E-state index contributed by atoms with van der Waals surface area (Å²) in [5, 5.41) is 5.60. The SMILES string of the molecule is Fc1ccc(COc2ccc(Cl)cc2CNCCc2ccc(Cl)cc2Cl)c(Cl)c1. The molecule has 0 saturated heterocycles. The lowest BCUT2D eigenvalue weighted by molar-refractivity contribution is 0.302. The maximum absolute atomic E-state index is 13.2. The van der Waals surface area contributed by atoms with Crippen molar-refractivity contribution >= 4 is 46.4 Å². The standard InChI is InChI=1S/C22H18Cl4FNO/c23-17-4-6-22(29-13-15-2-5-19(27)11-21(15)26)16(9-17)12-28-8-7-14-1-3-18(24)10-20(14)25/h1-6,9-11,28H,7-8,12-13H2. The van der Waals surface area contributed by atoms with E-state index in [-0.39, 0.29) is 12.4 Å². The predicted octanol–water partition coefficient (Wildman–Crippen LogP) is 7.35. The average Bonchev–Trinajstić information content (AvgIpc) is 2.67.